The highest BCUT2D eigenvalue weighted by Crippen LogP contribution is 2.45. The summed E-state index contributed by atoms with van der Waals surface area (Å²) in [6, 6.07) is 4.56. The van der Waals surface area contributed by atoms with Gasteiger partial charge < -0.3 is 15.4 Å². The molecule has 29 heavy (non-hydrogen) atoms. The van der Waals surface area contributed by atoms with Crippen molar-refractivity contribution in [1.29, 1.82) is 0 Å². The van der Waals surface area contributed by atoms with Crippen LogP contribution in [0.1, 0.15) is 36.8 Å². The van der Waals surface area contributed by atoms with Crippen LogP contribution in [0, 0.1) is 5.82 Å². The third-order valence-corrected chi connectivity index (χ3v) is 6.19. The second-order valence-corrected chi connectivity index (χ2v) is 8.21. The van der Waals surface area contributed by atoms with Crippen LogP contribution in [0.25, 0.3) is 5.70 Å². The minimum atomic E-state index is -0.379. The average molecular weight is 480 g/mol. The number of thiazole rings is 1. The molecule has 2 aromatic rings. The van der Waals surface area contributed by atoms with Gasteiger partial charge in [0.15, 0.2) is 0 Å². The SMILES string of the molecule is CCOC(=O)C1=C(CNC)NC(c2nccs2)=C(CC)C1c1ccc(F)cc1Br. The summed E-state index contributed by atoms with van der Waals surface area (Å²) in [6.07, 6.45) is 2.44. The summed E-state index contributed by atoms with van der Waals surface area (Å²) in [5.74, 6) is -1.10. The maximum atomic E-state index is 13.8. The number of hydrogen-bond acceptors (Lipinski definition) is 6. The average Bonchev–Trinajstić information content (AvgIpc) is 3.22. The summed E-state index contributed by atoms with van der Waals surface area (Å²) in [5, 5.41) is 9.32. The first-order valence-electron chi connectivity index (χ1n) is 9.41. The number of aromatic nitrogens is 1. The molecule has 0 fully saturated rings. The zero-order valence-electron chi connectivity index (χ0n) is 16.5. The van der Waals surface area contributed by atoms with Crippen molar-refractivity contribution in [2.45, 2.75) is 26.2 Å². The highest BCUT2D eigenvalue weighted by molar-refractivity contribution is 9.10. The first-order valence-corrected chi connectivity index (χ1v) is 11.1. The molecule has 1 atom stereocenters. The van der Waals surface area contributed by atoms with Gasteiger partial charge >= 0.3 is 5.97 Å². The van der Waals surface area contributed by atoms with Crippen LogP contribution in [-0.2, 0) is 9.53 Å². The van der Waals surface area contributed by atoms with E-state index in [9.17, 15) is 9.18 Å². The molecule has 0 saturated carbocycles. The van der Waals surface area contributed by atoms with Crippen molar-refractivity contribution < 1.29 is 13.9 Å². The van der Waals surface area contributed by atoms with Gasteiger partial charge in [0.25, 0.3) is 0 Å². The third kappa shape index (κ3) is 4.44. The molecule has 0 saturated heterocycles. The molecule has 1 aliphatic heterocycles. The molecule has 2 heterocycles. The van der Waals surface area contributed by atoms with Gasteiger partial charge in [-0.1, -0.05) is 28.9 Å². The number of dihydropyridines is 1. The Morgan fingerprint density at radius 1 is 1.41 bits per heavy atom. The Balaban J connectivity index is 2.28. The maximum absolute atomic E-state index is 13.8. The molecular weight excluding hydrogens is 457 g/mol. The Morgan fingerprint density at radius 3 is 2.79 bits per heavy atom. The minimum absolute atomic E-state index is 0.275. The zero-order valence-corrected chi connectivity index (χ0v) is 18.9. The van der Waals surface area contributed by atoms with E-state index < -0.39 is 0 Å². The molecule has 154 valence electrons. The highest BCUT2D eigenvalue weighted by atomic mass is 79.9. The largest absolute Gasteiger partial charge is 0.463 e. The van der Waals surface area contributed by atoms with Crippen LogP contribution < -0.4 is 10.6 Å². The van der Waals surface area contributed by atoms with Crippen molar-refractivity contribution in [3.63, 3.8) is 0 Å². The number of nitrogens with one attached hydrogen (secondary N) is 2. The topological polar surface area (TPSA) is 63.2 Å². The number of carbonyl (C=O) groups excluding carboxylic acids is 1. The van der Waals surface area contributed by atoms with E-state index in [0.717, 1.165) is 27.5 Å². The van der Waals surface area contributed by atoms with Gasteiger partial charge in [-0.05, 0) is 43.7 Å². The molecule has 3 rings (SSSR count). The predicted octanol–water partition coefficient (Wildman–Crippen LogP) is 4.59. The van der Waals surface area contributed by atoms with Crippen LogP contribution in [0.3, 0.4) is 0 Å². The lowest BCUT2D eigenvalue weighted by molar-refractivity contribution is -0.138. The van der Waals surface area contributed by atoms with E-state index in [-0.39, 0.29) is 24.3 Å². The lowest BCUT2D eigenvalue weighted by Gasteiger charge is -2.33. The summed E-state index contributed by atoms with van der Waals surface area (Å²) in [7, 11) is 1.82. The van der Waals surface area contributed by atoms with E-state index in [4.69, 9.17) is 4.74 Å². The molecule has 0 amide bonds. The van der Waals surface area contributed by atoms with E-state index in [1.54, 1.807) is 19.2 Å². The van der Waals surface area contributed by atoms with Crippen molar-refractivity contribution in [2.24, 2.45) is 0 Å². The quantitative estimate of drug-likeness (QED) is 0.568. The molecule has 5 nitrogen and oxygen atoms in total. The second-order valence-electron chi connectivity index (χ2n) is 6.46. The number of nitrogens with zero attached hydrogens (tertiary/aromatic N) is 1. The van der Waals surface area contributed by atoms with E-state index in [0.29, 0.717) is 23.0 Å². The number of ether oxygens (including phenoxy) is 1. The van der Waals surface area contributed by atoms with Crippen LogP contribution in [0.4, 0.5) is 4.39 Å². The van der Waals surface area contributed by atoms with Crippen molar-refractivity contribution in [3.8, 4) is 0 Å². The summed E-state index contributed by atoms with van der Waals surface area (Å²) in [5.41, 5.74) is 3.98. The number of rotatable bonds is 7. The van der Waals surface area contributed by atoms with Crippen molar-refractivity contribution in [1.82, 2.24) is 15.6 Å². The molecule has 0 aliphatic carbocycles. The first-order chi connectivity index (χ1) is 14.0. The number of benzene rings is 1. The van der Waals surface area contributed by atoms with Gasteiger partial charge in [0.05, 0.1) is 17.9 Å². The van der Waals surface area contributed by atoms with Gasteiger partial charge in [-0.15, -0.1) is 11.3 Å². The number of likely N-dealkylation sites (N-methyl/N-ethyl adjacent to an activating group) is 1. The van der Waals surface area contributed by atoms with Gasteiger partial charge in [-0.2, -0.15) is 0 Å². The van der Waals surface area contributed by atoms with E-state index in [2.05, 4.69) is 31.5 Å². The zero-order chi connectivity index (χ0) is 21.0. The smallest absolute Gasteiger partial charge is 0.336 e. The van der Waals surface area contributed by atoms with Crippen molar-refractivity contribution in [2.75, 3.05) is 20.2 Å². The van der Waals surface area contributed by atoms with Crippen LogP contribution in [0.15, 0.2) is 51.1 Å². The van der Waals surface area contributed by atoms with E-state index >= 15 is 0 Å². The lowest BCUT2D eigenvalue weighted by Crippen LogP contribution is -2.34. The summed E-state index contributed by atoms with van der Waals surface area (Å²) < 4.78 is 19.8. The molecule has 1 unspecified atom stereocenters. The van der Waals surface area contributed by atoms with Gasteiger partial charge in [0.2, 0.25) is 0 Å². The van der Waals surface area contributed by atoms with E-state index in [1.807, 2.05) is 19.4 Å². The molecule has 8 heteroatoms. The Labute approximate surface area is 182 Å². The second kappa shape index (κ2) is 9.65. The normalized spacial score (nSPS) is 16.8. The van der Waals surface area contributed by atoms with Crippen molar-refractivity contribution in [3.05, 3.63) is 67.5 Å². The minimum Gasteiger partial charge on any atom is -0.463 e. The Bertz CT molecular complexity index is 957. The fourth-order valence-electron chi connectivity index (χ4n) is 3.55. The van der Waals surface area contributed by atoms with Gasteiger partial charge in [0.1, 0.15) is 10.8 Å². The lowest BCUT2D eigenvalue weighted by atomic mass is 9.79. The number of allylic oxidation sites excluding steroid dienone is 1. The van der Waals surface area contributed by atoms with E-state index in [1.165, 1.54) is 23.5 Å². The van der Waals surface area contributed by atoms with Gasteiger partial charge in [0, 0.05) is 34.2 Å². The molecule has 1 aliphatic rings. The molecule has 0 spiro atoms. The molecule has 1 aromatic heterocycles. The molecule has 0 bridgehead atoms. The number of hydrogen-bond donors (Lipinski definition) is 2. The highest BCUT2D eigenvalue weighted by Gasteiger charge is 2.37. The Hall–Kier alpha value is -2.03. The van der Waals surface area contributed by atoms with Crippen molar-refractivity contribution >= 4 is 38.9 Å². The third-order valence-electron chi connectivity index (χ3n) is 4.71. The summed E-state index contributed by atoms with van der Waals surface area (Å²) in [6.45, 7) is 4.56. The van der Waals surface area contributed by atoms with Crippen LogP contribution in [0.2, 0.25) is 0 Å². The molecular formula is C21H23BrFN3O2S. The summed E-state index contributed by atoms with van der Waals surface area (Å²) >= 11 is 5.03. The maximum Gasteiger partial charge on any atom is 0.336 e. The Kier molecular flexibility index (Phi) is 7.21. The monoisotopic (exact) mass is 479 g/mol. The number of carbonyl (C=O) groups is 1. The standard InChI is InChI=1S/C21H23BrFN3O2S/c1-4-13-17(14-7-6-12(23)10-15(14)22)18(21(27)28-5-2)16(11-24-3)26-19(13)20-25-8-9-29-20/h6-10,17,24,26H,4-5,11H2,1-3H3. The van der Waals surface area contributed by atoms with Crippen LogP contribution >= 0.6 is 27.3 Å². The Morgan fingerprint density at radius 2 is 2.21 bits per heavy atom. The van der Waals surface area contributed by atoms with Gasteiger partial charge in [-0.3, -0.25) is 0 Å². The number of halogens is 2. The van der Waals surface area contributed by atoms with Crippen LogP contribution in [0.5, 0.6) is 0 Å². The first kappa shape index (κ1) is 21.7. The fraction of sp³-hybridized carbons (Fsp3) is 0.333. The summed E-state index contributed by atoms with van der Waals surface area (Å²) in [4.78, 5) is 17.5. The fourth-order valence-corrected chi connectivity index (χ4v) is 4.81. The number of esters is 1. The predicted molar refractivity (Wildman–Crippen MR) is 117 cm³/mol. The van der Waals surface area contributed by atoms with Crippen LogP contribution in [-0.4, -0.2) is 31.2 Å². The molecule has 0 radical (unpaired) electrons. The van der Waals surface area contributed by atoms with Gasteiger partial charge in [-0.25, -0.2) is 14.2 Å². The molecule has 2 N–H and O–H groups in total. The molecule has 1 aromatic carbocycles.